The predicted octanol–water partition coefficient (Wildman–Crippen LogP) is 1.38. The van der Waals surface area contributed by atoms with Gasteiger partial charge in [0, 0.05) is 36.8 Å². The van der Waals surface area contributed by atoms with Crippen molar-refractivity contribution in [2.24, 2.45) is 0 Å². The zero-order valence-corrected chi connectivity index (χ0v) is 19.2. The van der Waals surface area contributed by atoms with Crippen LogP contribution in [0.2, 0.25) is 5.02 Å². The minimum atomic E-state index is -0.588. The highest BCUT2D eigenvalue weighted by Gasteiger charge is 2.29. The number of carbonyl (C=O) groups excluding carboxylic acids is 2. The van der Waals surface area contributed by atoms with E-state index in [1.54, 1.807) is 23.2 Å². The molecular formula is C23H22ClN5O6. The Hall–Kier alpha value is -4.12. The van der Waals surface area contributed by atoms with Gasteiger partial charge in [-0.2, -0.15) is 0 Å². The fourth-order valence-corrected chi connectivity index (χ4v) is 3.79. The van der Waals surface area contributed by atoms with Gasteiger partial charge in [-0.25, -0.2) is 4.98 Å². The molecule has 4 rings (SSSR count). The van der Waals surface area contributed by atoms with Gasteiger partial charge >= 0.3 is 0 Å². The zero-order valence-electron chi connectivity index (χ0n) is 18.4. The molecule has 2 aromatic heterocycles. The summed E-state index contributed by atoms with van der Waals surface area (Å²) < 4.78 is 6.07. The average molecular weight is 500 g/mol. The number of nitrogens with zero attached hydrogens (tertiary/aromatic N) is 3. The number of phenols is 1. The SMILES string of the molecule is O=C(Cc1c(O)nc[nH]c1=O)NCc1ccncc1O[C@H]1CCN(C(=O)c2ccc(Cl)c(O)c2)C1. The Labute approximate surface area is 204 Å². The molecule has 4 N–H and O–H groups in total. The van der Waals surface area contributed by atoms with Crippen LogP contribution >= 0.6 is 11.6 Å². The van der Waals surface area contributed by atoms with E-state index in [2.05, 4.69) is 20.3 Å². The van der Waals surface area contributed by atoms with Crippen LogP contribution in [0, 0.1) is 0 Å². The molecule has 12 heteroatoms. The molecule has 1 atom stereocenters. The maximum Gasteiger partial charge on any atom is 0.258 e. The molecule has 1 saturated heterocycles. The zero-order chi connectivity index (χ0) is 24.9. The third kappa shape index (κ3) is 5.69. The molecule has 0 saturated carbocycles. The first-order valence-electron chi connectivity index (χ1n) is 10.7. The number of aromatic amines is 1. The van der Waals surface area contributed by atoms with Crippen molar-refractivity contribution in [1.82, 2.24) is 25.2 Å². The summed E-state index contributed by atoms with van der Waals surface area (Å²) in [6, 6.07) is 6.05. The van der Waals surface area contributed by atoms with Crippen LogP contribution in [0.5, 0.6) is 17.4 Å². The number of aromatic nitrogens is 3. The number of ether oxygens (including phenoxy) is 1. The topological polar surface area (TPSA) is 158 Å². The number of pyridine rings is 1. The fourth-order valence-electron chi connectivity index (χ4n) is 3.67. The normalized spacial score (nSPS) is 15.1. The highest BCUT2D eigenvalue weighted by atomic mass is 35.5. The monoisotopic (exact) mass is 499 g/mol. The number of H-pyrrole nitrogens is 1. The van der Waals surface area contributed by atoms with Gasteiger partial charge in [-0.15, -0.1) is 0 Å². The minimum Gasteiger partial charge on any atom is -0.506 e. The number of phenolic OH excluding ortho intramolecular Hbond substituents is 1. The van der Waals surface area contributed by atoms with E-state index >= 15 is 0 Å². The third-order valence-electron chi connectivity index (χ3n) is 5.53. The van der Waals surface area contributed by atoms with Crippen molar-refractivity contribution in [3.63, 3.8) is 0 Å². The van der Waals surface area contributed by atoms with Crippen LogP contribution in [0.3, 0.4) is 0 Å². The number of likely N-dealkylation sites (tertiary alicyclic amines) is 1. The van der Waals surface area contributed by atoms with E-state index in [4.69, 9.17) is 16.3 Å². The molecule has 0 spiro atoms. The molecule has 1 aliphatic heterocycles. The van der Waals surface area contributed by atoms with Crippen molar-refractivity contribution in [2.45, 2.75) is 25.5 Å². The number of aromatic hydroxyl groups is 2. The van der Waals surface area contributed by atoms with E-state index in [1.807, 2.05) is 0 Å². The maximum absolute atomic E-state index is 12.8. The fraction of sp³-hybridized carbons (Fsp3) is 0.261. The van der Waals surface area contributed by atoms with Crippen LogP contribution in [0.25, 0.3) is 0 Å². The standard InChI is InChI=1S/C23H22ClN5O6/c24-17-2-1-13(7-18(17)30)23(34)29-6-4-15(11-29)35-19-10-25-5-3-14(19)9-26-20(31)8-16-21(32)27-12-28-22(16)33/h1-3,5,7,10,12,15,30H,4,6,8-9,11H2,(H,26,31)(H2,27,28,32,33)/t15-/m0/s1. The molecule has 0 aliphatic carbocycles. The van der Waals surface area contributed by atoms with E-state index in [0.717, 1.165) is 6.33 Å². The molecule has 0 radical (unpaired) electrons. The number of carbonyl (C=O) groups is 2. The quantitative estimate of drug-likeness (QED) is 0.379. The summed E-state index contributed by atoms with van der Waals surface area (Å²) in [5.41, 5.74) is 0.275. The lowest BCUT2D eigenvalue weighted by Crippen LogP contribution is -2.31. The Balaban J connectivity index is 1.35. The van der Waals surface area contributed by atoms with Gasteiger partial charge in [0.05, 0.1) is 36.1 Å². The van der Waals surface area contributed by atoms with Gasteiger partial charge < -0.3 is 30.2 Å². The van der Waals surface area contributed by atoms with E-state index in [9.17, 15) is 24.6 Å². The van der Waals surface area contributed by atoms with Gasteiger partial charge in [0.1, 0.15) is 17.6 Å². The molecule has 1 fully saturated rings. The Morgan fingerprint density at radius 1 is 1.29 bits per heavy atom. The Morgan fingerprint density at radius 3 is 2.89 bits per heavy atom. The molecule has 11 nitrogen and oxygen atoms in total. The number of halogens is 1. The lowest BCUT2D eigenvalue weighted by Gasteiger charge is -2.19. The van der Waals surface area contributed by atoms with E-state index in [0.29, 0.717) is 36.4 Å². The first-order valence-corrected chi connectivity index (χ1v) is 11.1. The average Bonchev–Trinajstić information content (AvgIpc) is 3.31. The number of amides is 2. The highest BCUT2D eigenvalue weighted by molar-refractivity contribution is 6.32. The van der Waals surface area contributed by atoms with Crippen LogP contribution in [0.15, 0.2) is 47.8 Å². The summed E-state index contributed by atoms with van der Waals surface area (Å²) in [6.07, 6.45) is 4.11. The van der Waals surface area contributed by atoms with Crippen molar-refractivity contribution in [3.05, 3.63) is 75.1 Å². The van der Waals surface area contributed by atoms with Crippen LogP contribution in [0.4, 0.5) is 0 Å². The molecule has 1 aromatic carbocycles. The van der Waals surface area contributed by atoms with Gasteiger partial charge in [-0.3, -0.25) is 19.4 Å². The van der Waals surface area contributed by atoms with Crippen LogP contribution < -0.4 is 15.6 Å². The minimum absolute atomic E-state index is 0.106. The number of benzene rings is 1. The van der Waals surface area contributed by atoms with Crippen molar-refractivity contribution in [1.29, 1.82) is 0 Å². The van der Waals surface area contributed by atoms with Crippen LogP contribution in [0.1, 0.15) is 27.9 Å². The first kappa shape index (κ1) is 24.0. The lowest BCUT2D eigenvalue weighted by atomic mass is 10.2. The van der Waals surface area contributed by atoms with Crippen LogP contribution in [-0.4, -0.2) is 61.1 Å². The molecule has 3 heterocycles. The molecule has 3 aromatic rings. The lowest BCUT2D eigenvalue weighted by molar-refractivity contribution is -0.120. The number of hydrogen-bond donors (Lipinski definition) is 4. The van der Waals surface area contributed by atoms with Gasteiger partial charge in [-0.05, 0) is 24.3 Å². The smallest absolute Gasteiger partial charge is 0.258 e. The van der Waals surface area contributed by atoms with Crippen molar-refractivity contribution < 1.29 is 24.5 Å². The Morgan fingerprint density at radius 2 is 2.11 bits per heavy atom. The van der Waals surface area contributed by atoms with Crippen molar-refractivity contribution >= 4 is 23.4 Å². The van der Waals surface area contributed by atoms with Crippen molar-refractivity contribution in [3.8, 4) is 17.4 Å². The second-order valence-corrected chi connectivity index (χ2v) is 8.32. The van der Waals surface area contributed by atoms with Crippen LogP contribution in [-0.2, 0) is 17.8 Å². The highest BCUT2D eigenvalue weighted by Crippen LogP contribution is 2.26. The molecule has 182 valence electrons. The molecule has 0 bridgehead atoms. The summed E-state index contributed by atoms with van der Waals surface area (Å²) in [4.78, 5) is 48.5. The summed E-state index contributed by atoms with van der Waals surface area (Å²) in [5, 5.41) is 22.3. The van der Waals surface area contributed by atoms with Crippen molar-refractivity contribution in [2.75, 3.05) is 13.1 Å². The number of rotatable bonds is 7. The molecule has 0 unspecified atom stereocenters. The number of hydrogen-bond acceptors (Lipinski definition) is 8. The predicted molar refractivity (Wildman–Crippen MR) is 124 cm³/mol. The van der Waals surface area contributed by atoms with Gasteiger partial charge in [0.2, 0.25) is 11.8 Å². The molecular weight excluding hydrogens is 478 g/mol. The van der Waals surface area contributed by atoms with Gasteiger partial charge in [0.15, 0.2) is 0 Å². The summed E-state index contributed by atoms with van der Waals surface area (Å²) in [7, 11) is 0. The molecule has 1 aliphatic rings. The van der Waals surface area contributed by atoms with E-state index in [-0.39, 0.29) is 41.3 Å². The second-order valence-electron chi connectivity index (χ2n) is 7.92. The Bertz CT molecular complexity index is 1310. The second kappa shape index (κ2) is 10.4. The molecule has 35 heavy (non-hydrogen) atoms. The summed E-state index contributed by atoms with van der Waals surface area (Å²) in [6.45, 7) is 0.920. The third-order valence-corrected chi connectivity index (χ3v) is 5.85. The largest absolute Gasteiger partial charge is 0.506 e. The maximum atomic E-state index is 12.8. The summed E-state index contributed by atoms with van der Waals surface area (Å²) >= 11 is 5.82. The summed E-state index contributed by atoms with van der Waals surface area (Å²) in [5.74, 6) is -0.917. The Kier molecular flexibility index (Phi) is 7.16. The van der Waals surface area contributed by atoms with E-state index < -0.39 is 17.3 Å². The van der Waals surface area contributed by atoms with Gasteiger partial charge in [0.25, 0.3) is 11.5 Å². The first-order chi connectivity index (χ1) is 16.8. The molecule has 2 amide bonds. The van der Waals surface area contributed by atoms with Gasteiger partial charge in [-0.1, -0.05) is 11.6 Å². The van der Waals surface area contributed by atoms with E-state index in [1.165, 1.54) is 18.3 Å². The number of nitrogens with one attached hydrogen (secondary N) is 2.